The van der Waals surface area contributed by atoms with E-state index in [9.17, 15) is 4.79 Å². The first-order valence-corrected chi connectivity index (χ1v) is 6.93. The Balaban J connectivity index is 1.83. The summed E-state index contributed by atoms with van der Waals surface area (Å²) in [5.74, 6) is 0.664. The minimum Gasteiger partial charge on any atom is -0.347 e. The number of rotatable bonds is 4. The third kappa shape index (κ3) is 2.76. The number of aromatic nitrogens is 3. The molecule has 5 nitrogen and oxygen atoms in total. The first kappa shape index (κ1) is 13.3. The summed E-state index contributed by atoms with van der Waals surface area (Å²) in [5.41, 5.74) is 1.51. The van der Waals surface area contributed by atoms with Crippen LogP contribution in [0.25, 0.3) is 10.9 Å². The minimum atomic E-state index is -0.114. The van der Waals surface area contributed by atoms with Gasteiger partial charge in [0.05, 0.1) is 11.6 Å². The van der Waals surface area contributed by atoms with E-state index in [1.165, 1.54) is 0 Å². The second-order valence-corrected chi connectivity index (χ2v) is 4.82. The Kier molecular flexibility index (Phi) is 3.64. The topological polar surface area (TPSA) is 70.7 Å². The van der Waals surface area contributed by atoms with Gasteiger partial charge in [0.25, 0.3) is 5.91 Å². The maximum atomic E-state index is 12.4. The molecule has 2 aromatic heterocycles. The molecule has 0 aliphatic heterocycles. The molecule has 0 aliphatic carbocycles. The Hall–Kier alpha value is -2.69. The largest absolute Gasteiger partial charge is 0.347 e. The van der Waals surface area contributed by atoms with E-state index < -0.39 is 0 Å². The maximum absolute atomic E-state index is 12.4. The molecule has 1 aromatic carbocycles. The molecule has 2 N–H and O–H groups in total. The van der Waals surface area contributed by atoms with Crippen molar-refractivity contribution in [2.24, 2.45) is 0 Å². The van der Waals surface area contributed by atoms with E-state index in [2.05, 4.69) is 20.3 Å². The van der Waals surface area contributed by atoms with Crippen LogP contribution in [0.5, 0.6) is 0 Å². The molecule has 0 spiro atoms. The monoisotopic (exact) mass is 280 g/mol. The molecular weight excluding hydrogens is 264 g/mol. The molecule has 5 heteroatoms. The van der Waals surface area contributed by atoms with E-state index in [1.54, 1.807) is 24.7 Å². The summed E-state index contributed by atoms with van der Waals surface area (Å²) in [4.78, 5) is 23.9. The number of pyridine rings is 1. The number of aromatic amines is 1. The maximum Gasteiger partial charge on any atom is 0.251 e. The SMILES string of the molecule is CCC(NC(=O)c1ccc2ncccc2c1)c1ncc[nH]1. The Labute approximate surface area is 122 Å². The number of hydrogen-bond acceptors (Lipinski definition) is 3. The van der Waals surface area contributed by atoms with Crippen LogP contribution in [0.3, 0.4) is 0 Å². The molecule has 2 heterocycles. The van der Waals surface area contributed by atoms with E-state index in [4.69, 9.17) is 0 Å². The predicted molar refractivity (Wildman–Crippen MR) is 80.8 cm³/mol. The zero-order valence-electron chi connectivity index (χ0n) is 11.7. The van der Waals surface area contributed by atoms with Crippen LogP contribution < -0.4 is 5.32 Å². The molecule has 1 atom stereocenters. The number of carbonyl (C=O) groups is 1. The van der Waals surface area contributed by atoms with Crippen molar-refractivity contribution in [3.8, 4) is 0 Å². The molecule has 3 rings (SSSR count). The minimum absolute atomic E-state index is 0.107. The van der Waals surface area contributed by atoms with Gasteiger partial charge in [-0.3, -0.25) is 9.78 Å². The van der Waals surface area contributed by atoms with Crippen molar-refractivity contribution in [3.63, 3.8) is 0 Å². The summed E-state index contributed by atoms with van der Waals surface area (Å²) in [7, 11) is 0. The third-order valence-corrected chi connectivity index (χ3v) is 3.43. The van der Waals surface area contributed by atoms with Gasteiger partial charge in [0, 0.05) is 29.5 Å². The highest BCUT2D eigenvalue weighted by molar-refractivity contribution is 5.98. The zero-order valence-corrected chi connectivity index (χ0v) is 11.7. The van der Waals surface area contributed by atoms with E-state index in [-0.39, 0.29) is 11.9 Å². The van der Waals surface area contributed by atoms with E-state index in [1.807, 2.05) is 31.2 Å². The normalized spacial score (nSPS) is 12.2. The Bertz CT molecular complexity index is 752. The van der Waals surface area contributed by atoms with Gasteiger partial charge in [-0.25, -0.2) is 4.98 Å². The van der Waals surface area contributed by atoms with Crippen LogP contribution in [0.1, 0.15) is 35.6 Å². The Morgan fingerprint density at radius 2 is 2.19 bits per heavy atom. The van der Waals surface area contributed by atoms with Crippen LogP contribution in [0.15, 0.2) is 48.9 Å². The van der Waals surface area contributed by atoms with Crippen LogP contribution >= 0.6 is 0 Å². The number of nitrogens with zero attached hydrogens (tertiary/aromatic N) is 2. The number of imidazole rings is 1. The number of amides is 1. The highest BCUT2D eigenvalue weighted by Gasteiger charge is 2.16. The van der Waals surface area contributed by atoms with Crippen LogP contribution in [-0.4, -0.2) is 20.9 Å². The molecular formula is C16H16N4O. The molecule has 0 saturated heterocycles. The standard InChI is InChI=1S/C16H16N4O/c1-2-13(15-18-8-9-19-15)20-16(21)12-5-6-14-11(10-12)4-3-7-17-14/h3-10,13H,2H2,1H3,(H,18,19)(H,20,21). The average Bonchev–Trinajstić information content (AvgIpc) is 3.06. The molecule has 0 bridgehead atoms. The zero-order chi connectivity index (χ0) is 14.7. The summed E-state index contributed by atoms with van der Waals surface area (Å²) in [5, 5.41) is 3.95. The van der Waals surface area contributed by atoms with Crippen molar-refractivity contribution in [1.29, 1.82) is 0 Å². The average molecular weight is 280 g/mol. The summed E-state index contributed by atoms with van der Waals surface area (Å²) >= 11 is 0. The number of carbonyl (C=O) groups excluding carboxylic acids is 1. The lowest BCUT2D eigenvalue weighted by Gasteiger charge is -2.14. The lowest BCUT2D eigenvalue weighted by atomic mass is 10.1. The first-order chi connectivity index (χ1) is 10.3. The molecule has 1 unspecified atom stereocenters. The van der Waals surface area contributed by atoms with Crippen molar-refractivity contribution in [1.82, 2.24) is 20.3 Å². The smallest absolute Gasteiger partial charge is 0.251 e. The van der Waals surface area contributed by atoms with Gasteiger partial charge in [-0.2, -0.15) is 0 Å². The highest BCUT2D eigenvalue weighted by Crippen LogP contribution is 2.16. The lowest BCUT2D eigenvalue weighted by molar-refractivity contribution is 0.0934. The van der Waals surface area contributed by atoms with Gasteiger partial charge in [0.1, 0.15) is 5.82 Å². The van der Waals surface area contributed by atoms with Crippen LogP contribution in [0.4, 0.5) is 0 Å². The molecule has 21 heavy (non-hydrogen) atoms. The molecule has 106 valence electrons. The van der Waals surface area contributed by atoms with E-state index in [0.29, 0.717) is 5.56 Å². The van der Waals surface area contributed by atoms with Crippen molar-refractivity contribution in [3.05, 3.63) is 60.3 Å². The van der Waals surface area contributed by atoms with Crippen molar-refractivity contribution >= 4 is 16.8 Å². The fourth-order valence-corrected chi connectivity index (χ4v) is 2.29. The van der Waals surface area contributed by atoms with Crippen molar-refractivity contribution in [2.45, 2.75) is 19.4 Å². The third-order valence-electron chi connectivity index (χ3n) is 3.43. The molecule has 0 radical (unpaired) electrons. The second-order valence-electron chi connectivity index (χ2n) is 4.82. The van der Waals surface area contributed by atoms with Crippen LogP contribution in [0.2, 0.25) is 0 Å². The summed E-state index contributed by atoms with van der Waals surface area (Å²) in [6.07, 6.45) is 5.96. The lowest BCUT2D eigenvalue weighted by Crippen LogP contribution is -2.28. The number of H-pyrrole nitrogens is 1. The molecule has 0 fully saturated rings. The fraction of sp³-hybridized carbons (Fsp3) is 0.188. The van der Waals surface area contributed by atoms with Gasteiger partial charge in [0.2, 0.25) is 0 Å². The molecule has 0 saturated carbocycles. The molecule has 0 aliphatic rings. The number of benzene rings is 1. The van der Waals surface area contributed by atoms with E-state index in [0.717, 1.165) is 23.1 Å². The summed E-state index contributed by atoms with van der Waals surface area (Å²) in [6.45, 7) is 2.01. The molecule has 3 aromatic rings. The van der Waals surface area contributed by atoms with Gasteiger partial charge >= 0.3 is 0 Å². The first-order valence-electron chi connectivity index (χ1n) is 6.93. The summed E-state index contributed by atoms with van der Waals surface area (Å²) in [6, 6.07) is 9.20. The van der Waals surface area contributed by atoms with E-state index >= 15 is 0 Å². The molecule has 1 amide bonds. The quantitative estimate of drug-likeness (QED) is 0.772. The number of hydrogen-bond donors (Lipinski definition) is 2. The van der Waals surface area contributed by atoms with Gasteiger partial charge in [0.15, 0.2) is 0 Å². The van der Waals surface area contributed by atoms with Gasteiger partial charge in [-0.05, 0) is 30.7 Å². The number of fused-ring (bicyclic) bond motifs is 1. The van der Waals surface area contributed by atoms with Crippen molar-refractivity contribution in [2.75, 3.05) is 0 Å². The predicted octanol–water partition coefficient (Wildman–Crippen LogP) is 2.84. The van der Waals surface area contributed by atoms with Gasteiger partial charge in [-0.15, -0.1) is 0 Å². The fourth-order valence-electron chi connectivity index (χ4n) is 2.29. The van der Waals surface area contributed by atoms with Gasteiger partial charge < -0.3 is 10.3 Å². The van der Waals surface area contributed by atoms with Crippen LogP contribution in [0, 0.1) is 0 Å². The summed E-state index contributed by atoms with van der Waals surface area (Å²) < 4.78 is 0. The van der Waals surface area contributed by atoms with Crippen molar-refractivity contribution < 1.29 is 4.79 Å². The Morgan fingerprint density at radius 1 is 1.29 bits per heavy atom. The van der Waals surface area contributed by atoms with Crippen LogP contribution in [-0.2, 0) is 0 Å². The number of nitrogens with one attached hydrogen (secondary N) is 2. The van der Waals surface area contributed by atoms with Gasteiger partial charge in [-0.1, -0.05) is 13.0 Å². The second kappa shape index (κ2) is 5.75. The Morgan fingerprint density at radius 3 is 2.95 bits per heavy atom. The highest BCUT2D eigenvalue weighted by atomic mass is 16.1.